The standard InChI is InChI=1S/C33H43NO6/c1-3-4-5-6-7-8-9-10-11-12-13-14-15-16-17-18-19-20-21-22-31(36)34-25-26-40-32(37)28-23-24-30(35)29(27-28)33(38)39-2/h4-5,7-8,10-11,13-14,16-17,19-20,23-24,27,35H,3,6,9,12,15,18,21-22,25-26H2,1-2H3,(H,34,36). The average Bonchev–Trinajstić information content (AvgIpc) is 2.96. The van der Waals surface area contributed by atoms with Gasteiger partial charge in [-0.05, 0) is 63.1 Å². The zero-order valence-corrected chi connectivity index (χ0v) is 23.7. The lowest BCUT2D eigenvalue weighted by Gasteiger charge is -2.08. The molecule has 0 unspecified atom stereocenters. The summed E-state index contributed by atoms with van der Waals surface area (Å²) in [5, 5.41) is 12.4. The van der Waals surface area contributed by atoms with Gasteiger partial charge in [0.2, 0.25) is 5.91 Å². The molecule has 0 atom stereocenters. The number of hydrogen-bond donors (Lipinski definition) is 2. The minimum absolute atomic E-state index is 0.0150. The molecule has 7 nitrogen and oxygen atoms in total. The van der Waals surface area contributed by atoms with Crippen molar-refractivity contribution in [2.45, 2.75) is 58.3 Å². The molecule has 0 aliphatic heterocycles. The van der Waals surface area contributed by atoms with Crippen molar-refractivity contribution in [1.29, 1.82) is 0 Å². The third-order valence-electron chi connectivity index (χ3n) is 5.43. The Labute approximate surface area is 238 Å². The Morgan fingerprint density at radius 3 is 1.82 bits per heavy atom. The fraction of sp³-hybridized carbons (Fsp3) is 0.364. The van der Waals surface area contributed by atoms with E-state index in [1.165, 1.54) is 25.3 Å². The van der Waals surface area contributed by atoms with Crippen molar-refractivity contribution >= 4 is 17.8 Å². The molecular formula is C33H43NO6. The first-order valence-electron chi connectivity index (χ1n) is 13.7. The second kappa shape index (κ2) is 22.8. The van der Waals surface area contributed by atoms with Gasteiger partial charge in [0.05, 0.1) is 19.2 Å². The number of rotatable bonds is 19. The lowest BCUT2D eigenvalue weighted by molar-refractivity contribution is -0.121. The van der Waals surface area contributed by atoms with E-state index in [-0.39, 0.29) is 35.9 Å². The van der Waals surface area contributed by atoms with Gasteiger partial charge >= 0.3 is 11.9 Å². The summed E-state index contributed by atoms with van der Waals surface area (Å²) in [5.41, 5.74) is -0.0261. The third kappa shape index (κ3) is 16.7. The highest BCUT2D eigenvalue weighted by Gasteiger charge is 2.16. The number of amides is 1. The van der Waals surface area contributed by atoms with Gasteiger partial charge in [0.15, 0.2) is 0 Å². The van der Waals surface area contributed by atoms with Gasteiger partial charge in [-0.1, -0.05) is 79.8 Å². The van der Waals surface area contributed by atoms with Crippen molar-refractivity contribution in [1.82, 2.24) is 5.32 Å². The molecule has 0 saturated heterocycles. The van der Waals surface area contributed by atoms with Crippen LogP contribution < -0.4 is 5.32 Å². The summed E-state index contributed by atoms with van der Waals surface area (Å²) in [6.07, 6.45) is 32.4. The molecule has 0 spiro atoms. The molecule has 0 bridgehead atoms. The highest BCUT2D eigenvalue weighted by molar-refractivity contribution is 5.97. The highest BCUT2D eigenvalue weighted by atomic mass is 16.5. The lowest BCUT2D eigenvalue weighted by Crippen LogP contribution is -2.27. The van der Waals surface area contributed by atoms with Gasteiger partial charge in [-0.15, -0.1) is 0 Å². The van der Waals surface area contributed by atoms with Crippen LogP contribution in [0.15, 0.2) is 91.1 Å². The van der Waals surface area contributed by atoms with Crippen LogP contribution in [0.4, 0.5) is 0 Å². The molecule has 0 heterocycles. The smallest absolute Gasteiger partial charge is 0.341 e. The molecule has 7 heteroatoms. The maximum Gasteiger partial charge on any atom is 0.341 e. The number of allylic oxidation sites excluding steroid dienone is 12. The largest absolute Gasteiger partial charge is 0.507 e. The molecule has 0 fully saturated rings. The summed E-state index contributed by atoms with van der Waals surface area (Å²) < 4.78 is 9.67. The van der Waals surface area contributed by atoms with Crippen molar-refractivity contribution in [3.05, 3.63) is 102 Å². The number of carbonyl (C=O) groups is 3. The van der Waals surface area contributed by atoms with Crippen molar-refractivity contribution in [3.8, 4) is 5.75 Å². The molecule has 2 N–H and O–H groups in total. The molecular weight excluding hydrogens is 506 g/mol. The van der Waals surface area contributed by atoms with E-state index in [0.717, 1.165) is 38.5 Å². The van der Waals surface area contributed by atoms with Crippen LogP contribution in [0.1, 0.15) is 79.0 Å². The summed E-state index contributed by atoms with van der Waals surface area (Å²) in [4.78, 5) is 35.7. The van der Waals surface area contributed by atoms with Gasteiger partial charge in [0, 0.05) is 6.42 Å². The van der Waals surface area contributed by atoms with E-state index in [2.05, 4.69) is 77.7 Å². The van der Waals surface area contributed by atoms with E-state index in [9.17, 15) is 19.5 Å². The van der Waals surface area contributed by atoms with Crippen LogP contribution in [0, 0.1) is 0 Å². The molecule has 1 amide bonds. The first-order valence-corrected chi connectivity index (χ1v) is 13.7. The molecule has 216 valence electrons. The first-order chi connectivity index (χ1) is 19.5. The van der Waals surface area contributed by atoms with E-state index in [1.807, 2.05) is 12.2 Å². The van der Waals surface area contributed by atoms with Crippen LogP contribution in [0.5, 0.6) is 5.75 Å². The van der Waals surface area contributed by atoms with Crippen molar-refractivity contribution in [2.24, 2.45) is 0 Å². The second-order valence-electron chi connectivity index (χ2n) is 8.66. The minimum Gasteiger partial charge on any atom is -0.507 e. The predicted molar refractivity (Wildman–Crippen MR) is 160 cm³/mol. The SMILES string of the molecule is CCC=CCC=CCC=CCC=CCC=CCC=CCCC(=O)NCCOC(=O)c1ccc(O)c(C(=O)OC)c1. The molecule has 0 aromatic heterocycles. The summed E-state index contributed by atoms with van der Waals surface area (Å²) in [5.74, 6) is -1.85. The summed E-state index contributed by atoms with van der Waals surface area (Å²) >= 11 is 0. The minimum atomic E-state index is -0.758. The Hall–Kier alpha value is -4.13. The number of esters is 2. The highest BCUT2D eigenvalue weighted by Crippen LogP contribution is 2.20. The molecule has 0 radical (unpaired) electrons. The molecule has 0 saturated carbocycles. The average molecular weight is 550 g/mol. The molecule has 40 heavy (non-hydrogen) atoms. The zero-order valence-electron chi connectivity index (χ0n) is 23.7. The van der Waals surface area contributed by atoms with E-state index in [0.29, 0.717) is 12.8 Å². The van der Waals surface area contributed by atoms with E-state index < -0.39 is 11.9 Å². The quantitative estimate of drug-likeness (QED) is 0.110. The number of benzene rings is 1. The molecule has 1 rings (SSSR count). The van der Waals surface area contributed by atoms with Gasteiger partial charge in [0.1, 0.15) is 17.9 Å². The Balaban J connectivity index is 2.09. The van der Waals surface area contributed by atoms with Gasteiger partial charge in [-0.25, -0.2) is 9.59 Å². The molecule has 1 aromatic carbocycles. The van der Waals surface area contributed by atoms with Crippen molar-refractivity contribution < 1.29 is 29.0 Å². The number of methoxy groups -OCH3 is 1. The van der Waals surface area contributed by atoms with Gasteiger partial charge < -0.3 is 19.9 Å². The molecule has 1 aromatic rings. The summed E-state index contributed by atoms with van der Waals surface area (Å²) in [7, 11) is 1.18. The van der Waals surface area contributed by atoms with Crippen LogP contribution in [-0.4, -0.2) is 43.2 Å². The number of nitrogens with one attached hydrogen (secondary N) is 1. The number of carbonyl (C=O) groups excluding carboxylic acids is 3. The van der Waals surface area contributed by atoms with E-state index in [4.69, 9.17) is 4.74 Å². The fourth-order valence-corrected chi connectivity index (χ4v) is 3.30. The van der Waals surface area contributed by atoms with E-state index >= 15 is 0 Å². The first kappa shape index (κ1) is 33.9. The van der Waals surface area contributed by atoms with Crippen LogP contribution in [0.3, 0.4) is 0 Å². The lowest BCUT2D eigenvalue weighted by atomic mass is 10.1. The third-order valence-corrected chi connectivity index (χ3v) is 5.43. The Kier molecular flexibility index (Phi) is 19.3. The summed E-state index contributed by atoms with van der Waals surface area (Å²) in [6, 6.07) is 3.77. The van der Waals surface area contributed by atoms with Crippen molar-refractivity contribution in [2.75, 3.05) is 20.3 Å². The fourth-order valence-electron chi connectivity index (χ4n) is 3.30. The van der Waals surface area contributed by atoms with Crippen LogP contribution in [0.25, 0.3) is 0 Å². The number of phenols is 1. The number of phenolic OH excluding ortho intramolecular Hbond substituents is 1. The Bertz CT molecular complexity index is 1080. The Morgan fingerprint density at radius 2 is 1.30 bits per heavy atom. The molecule has 0 aliphatic carbocycles. The monoisotopic (exact) mass is 549 g/mol. The van der Waals surface area contributed by atoms with Crippen LogP contribution in [-0.2, 0) is 14.3 Å². The normalized spacial score (nSPS) is 12.1. The predicted octanol–water partition coefficient (Wildman–Crippen LogP) is 6.93. The number of hydrogen-bond acceptors (Lipinski definition) is 6. The van der Waals surface area contributed by atoms with Gasteiger partial charge in [-0.2, -0.15) is 0 Å². The topological polar surface area (TPSA) is 102 Å². The van der Waals surface area contributed by atoms with Gasteiger partial charge in [0.25, 0.3) is 0 Å². The van der Waals surface area contributed by atoms with Crippen LogP contribution in [0.2, 0.25) is 0 Å². The Morgan fingerprint density at radius 1 is 0.775 bits per heavy atom. The summed E-state index contributed by atoms with van der Waals surface area (Å²) in [6.45, 7) is 2.30. The van der Waals surface area contributed by atoms with Crippen molar-refractivity contribution in [3.63, 3.8) is 0 Å². The zero-order chi connectivity index (χ0) is 29.3. The number of ether oxygens (including phenoxy) is 2. The number of aromatic hydroxyl groups is 1. The maximum atomic E-state index is 12.1. The second-order valence-corrected chi connectivity index (χ2v) is 8.66. The maximum absolute atomic E-state index is 12.1. The van der Waals surface area contributed by atoms with Gasteiger partial charge in [-0.3, -0.25) is 4.79 Å². The van der Waals surface area contributed by atoms with Crippen LogP contribution >= 0.6 is 0 Å². The molecule has 0 aliphatic rings. The van der Waals surface area contributed by atoms with E-state index in [1.54, 1.807) is 0 Å².